The van der Waals surface area contributed by atoms with Gasteiger partial charge in [-0.1, -0.05) is 13.8 Å². The minimum atomic E-state index is -0.289. The second-order valence-electron chi connectivity index (χ2n) is 6.08. The minimum Gasteiger partial charge on any atom is -0.354 e. The number of nitrogens with zero attached hydrogens (tertiary/aromatic N) is 1. The average molecular weight is 258 g/mol. The van der Waals surface area contributed by atoms with Crippen molar-refractivity contribution >= 4 is 0 Å². The number of hydrogen-bond acceptors (Lipinski definition) is 4. The summed E-state index contributed by atoms with van der Waals surface area (Å²) in [6.45, 7) is 10.6. The van der Waals surface area contributed by atoms with Crippen LogP contribution in [-0.4, -0.2) is 50.1 Å². The summed E-state index contributed by atoms with van der Waals surface area (Å²) in [5.41, 5.74) is 5.77. The van der Waals surface area contributed by atoms with Gasteiger partial charge in [-0.2, -0.15) is 0 Å². The first kappa shape index (κ1) is 15.9. The van der Waals surface area contributed by atoms with Crippen LogP contribution in [0.4, 0.5) is 0 Å². The van der Waals surface area contributed by atoms with Crippen molar-refractivity contribution in [3.8, 4) is 0 Å². The Morgan fingerprint density at radius 1 is 1.28 bits per heavy atom. The smallest absolute Gasteiger partial charge is 0.176 e. The Labute approximate surface area is 112 Å². The van der Waals surface area contributed by atoms with Crippen LogP contribution < -0.4 is 5.73 Å². The van der Waals surface area contributed by atoms with Gasteiger partial charge in [0.05, 0.1) is 5.54 Å². The molecule has 0 aromatic carbocycles. The molecule has 0 bridgehead atoms. The molecule has 0 spiro atoms. The van der Waals surface area contributed by atoms with Crippen molar-refractivity contribution in [2.45, 2.75) is 52.0 Å². The second-order valence-corrected chi connectivity index (χ2v) is 6.08. The van der Waals surface area contributed by atoms with E-state index in [1.54, 1.807) is 14.2 Å². The highest BCUT2D eigenvalue weighted by atomic mass is 16.7. The molecule has 1 aliphatic heterocycles. The van der Waals surface area contributed by atoms with Gasteiger partial charge >= 0.3 is 0 Å². The van der Waals surface area contributed by atoms with E-state index < -0.39 is 0 Å². The largest absolute Gasteiger partial charge is 0.354 e. The number of hydrogen-bond donors (Lipinski definition) is 1. The summed E-state index contributed by atoms with van der Waals surface area (Å²) >= 11 is 0. The first-order valence-corrected chi connectivity index (χ1v) is 6.93. The third-order valence-corrected chi connectivity index (χ3v) is 4.60. The first-order valence-electron chi connectivity index (χ1n) is 6.93. The highest BCUT2D eigenvalue weighted by Gasteiger charge is 2.45. The molecule has 4 unspecified atom stereocenters. The lowest BCUT2D eigenvalue weighted by molar-refractivity contribution is -0.197. The van der Waals surface area contributed by atoms with E-state index in [4.69, 9.17) is 15.2 Å². The van der Waals surface area contributed by atoms with Crippen molar-refractivity contribution in [3.63, 3.8) is 0 Å². The Morgan fingerprint density at radius 3 is 2.28 bits per heavy atom. The molecule has 4 atom stereocenters. The van der Waals surface area contributed by atoms with Gasteiger partial charge < -0.3 is 15.2 Å². The molecule has 1 saturated heterocycles. The van der Waals surface area contributed by atoms with E-state index in [2.05, 4.69) is 32.6 Å². The van der Waals surface area contributed by atoms with Gasteiger partial charge in [-0.15, -0.1) is 0 Å². The molecule has 108 valence electrons. The number of nitrogens with two attached hydrogens (primary N) is 1. The number of piperidine rings is 1. The van der Waals surface area contributed by atoms with E-state index in [-0.39, 0.29) is 11.8 Å². The highest BCUT2D eigenvalue weighted by molar-refractivity contribution is 4.97. The normalized spacial score (nSPS) is 33.7. The molecule has 1 fully saturated rings. The monoisotopic (exact) mass is 258 g/mol. The van der Waals surface area contributed by atoms with Crippen LogP contribution in [-0.2, 0) is 9.47 Å². The molecule has 0 aliphatic carbocycles. The number of likely N-dealkylation sites (tertiary alicyclic amines) is 1. The second kappa shape index (κ2) is 6.33. The summed E-state index contributed by atoms with van der Waals surface area (Å²) in [4.78, 5) is 2.48. The molecule has 4 heteroatoms. The molecule has 1 aliphatic rings. The maximum atomic E-state index is 6.04. The summed E-state index contributed by atoms with van der Waals surface area (Å²) in [6.07, 6.45) is 0.991. The van der Waals surface area contributed by atoms with Gasteiger partial charge in [-0.3, -0.25) is 4.90 Å². The summed E-state index contributed by atoms with van der Waals surface area (Å²) in [6, 6.07) is 0.502. The van der Waals surface area contributed by atoms with E-state index in [9.17, 15) is 0 Å². The van der Waals surface area contributed by atoms with E-state index >= 15 is 0 Å². The number of methoxy groups -OCH3 is 2. The Bertz CT molecular complexity index is 258. The molecular weight excluding hydrogens is 228 g/mol. The lowest BCUT2D eigenvalue weighted by Crippen LogP contribution is -2.66. The van der Waals surface area contributed by atoms with Gasteiger partial charge in [0, 0.05) is 33.4 Å². The minimum absolute atomic E-state index is 0.272. The van der Waals surface area contributed by atoms with E-state index in [1.165, 1.54) is 6.42 Å². The van der Waals surface area contributed by atoms with Gasteiger partial charge in [0.1, 0.15) is 0 Å². The summed E-state index contributed by atoms with van der Waals surface area (Å²) in [7, 11) is 3.37. The van der Waals surface area contributed by atoms with Gasteiger partial charge in [0.2, 0.25) is 0 Å². The van der Waals surface area contributed by atoms with Gasteiger partial charge in [-0.05, 0) is 32.1 Å². The molecule has 2 N–H and O–H groups in total. The number of rotatable bonds is 5. The van der Waals surface area contributed by atoms with Crippen LogP contribution in [0, 0.1) is 11.8 Å². The SMILES string of the molecule is COC(OC)C(C)(CN)N1CC(C)CC(C)C1C. The maximum Gasteiger partial charge on any atom is 0.176 e. The van der Waals surface area contributed by atoms with Crippen molar-refractivity contribution in [3.05, 3.63) is 0 Å². The Balaban J connectivity index is 2.97. The fraction of sp³-hybridized carbons (Fsp3) is 1.00. The molecule has 0 radical (unpaired) electrons. The first-order chi connectivity index (χ1) is 8.40. The van der Waals surface area contributed by atoms with Crippen molar-refractivity contribution < 1.29 is 9.47 Å². The van der Waals surface area contributed by atoms with E-state index in [1.807, 2.05) is 0 Å². The van der Waals surface area contributed by atoms with Crippen LogP contribution in [0.15, 0.2) is 0 Å². The summed E-state index contributed by atoms with van der Waals surface area (Å²) < 4.78 is 11.0. The third-order valence-electron chi connectivity index (χ3n) is 4.60. The molecule has 0 saturated carbocycles. The third kappa shape index (κ3) is 2.87. The van der Waals surface area contributed by atoms with Crippen molar-refractivity contribution in [1.29, 1.82) is 0 Å². The van der Waals surface area contributed by atoms with Crippen LogP contribution in [0.25, 0.3) is 0 Å². The number of ether oxygens (including phenoxy) is 2. The lowest BCUT2D eigenvalue weighted by atomic mass is 9.82. The van der Waals surface area contributed by atoms with Crippen molar-refractivity contribution in [2.75, 3.05) is 27.3 Å². The molecule has 1 heterocycles. The molecule has 0 aromatic rings. The zero-order valence-corrected chi connectivity index (χ0v) is 12.8. The summed E-state index contributed by atoms with van der Waals surface area (Å²) in [5.74, 6) is 1.37. The lowest BCUT2D eigenvalue weighted by Gasteiger charge is -2.52. The van der Waals surface area contributed by atoms with E-state index in [0.29, 0.717) is 24.4 Å². The standard InChI is InChI=1S/C14H30N2O2/c1-10-7-11(2)12(3)16(8-10)14(4,9-15)13(17-5)18-6/h10-13H,7-9,15H2,1-6H3. The summed E-state index contributed by atoms with van der Waals surface area (Å²) in [5, 5.41) is 0. The Kier molecular flexibility index (Phi) is 5.59. The topological polar surface area (TPSA) is 47.7 Å². The van der Waals surface area contributed by atoms with Crippen molar-refractivity contribution in [1.82, 2.24) is 4.90 Å². The van der Waals surface area contributed by atoms with Crippen LogP contribution in [0.5, 0.6) is 0 Å². The average Bonchev–Trinajstić information content (AvgIpc) is 2.34. The Hall–Kier alpha value is -0.160. The van der Waals surface area contributed by atoms with Crippen LogP contribution in [0.2, 0.25) is 0 Å². The molecule has 4 nitrogen and oxygen atoms in total. The van der Waals surface area contributed by atoms with Gasteiger partial charge in [-0.25, -0.2) is 0 Å². The predicted octanol–water partition coefficient (Wildman–Crippen LogP) is 1.69. The van der Waals surface area contributed by atoms with Crippen LogP contribution >= 0.6 is 0 Å². The van der Waals surface area contributed by atoms with Crippen molar-refractivity contribution in [2.24, 2.45) is 17.6 Å². The highest BCUT2D eigenvalue weighted by Crippen LogP contribution is 2.34. The van der Waals surface area contributed by atoms with Crippen LogP contribution in [0.3, 0.4) is 0 Å². The van der Waals surface area contributed by atoms with Gasteiger partial charge in [0.15, 0.2) is 6.29 Å². The fourth-order valence-corrected chi connectivity index (χ4v) is 3.34. The molecular formula is C14H30N2O2. The predicted molar refractivity (Wildman–Crippen MR) is 74.4 cm³/mol. The quantitative estimate of drug-likeness (QED) is 0.762. The molecule has 0 amide bonds. The van der Waals surface area contributed by atoms with Crippen LogP contribution in [0.1, 0.15) is 34.1 Å². The van der Waals surface area contributed by atoms with Gasteiger partial charge in [0.25, 0.3) is 0 Å². The fourth-order valence-electron chi connectivity index (χ4n) is 3.34. The zero-order chi connectivity index (χ0) is 13.9. The Morgan fingerprint density at radius 2 is 1.83 bits per heavy atom. The molecule has 1 rings (SSSR count). The zero-order valence-electron chi connectivity index (χ0n) is 12.8. The van der Waals surface area contributed by atoms with E-state index in [0.717, 1.165) is 6.54 Å². The molecule has 0 aromatic heterocycles. The maximum absolute atomic E-state index is 6.04. The molecule has 18 heavy (non-hydrogen) atoms.